The number of nitrogens with one attached hydrogen (secondary N) is 2. The van der Waals surface area contributed by atoms with Crippen LogP contribution in [0.15, 0.2) is 48.5 Å². The number of anilines is 4. The van der Waals surface area contributed by atoms with Crippen molar-refractivity contribution in [2.24, 2.45) is 11.5 Å². The monoisotopic (exact) mass is 600 g/mol. The minimum atomic E-state index is -4.79. The molecule has 0 spiro atoms. The fourth-order valence-electron chi connectivity index (χ4n) is 3.65. The van der Waals surface area contributed by atoms with Gasteiger partial charge in [-0.2, -0.15) is 26.3 Å². The number of nitrogen functional groups attached to an aromatic ring is 2. The molecule has 0 heterocycles. The van der Waals surface area contributed by atoms with E-state index in [0.717, 1.165) is 6.07 Å². The number of nitrogens with two attached hydrogens (primary N) is 4. The number of alkyl halides is 6. The second-order valence-electron chi connectivity index (χ2n) is 8.64. The summed E-state index contributed by atoms with van der Waals surface area (Å²) in [6.45, 7) is -0.237. The van der Waals surface area contributed by atoms with E-state index in [1.165, 1.54) is 18.2 Å². The lowest BCUT2D eigenvalue weighted by Gasteiger charge is -2.18. The molecule has 3 aromatic carbocycles. The Balaban J connectivity index is 1.93. The van der Waals surface area contributed by atoms with Crippen LogP contribution >= 0.6 is 0 Å². The third-order valence-electron chi connectivity index (χ3n) is 5.50. The number of rotatable bonds is 10. The van der Waals surface area contributed by atoms with E-state index in [1.54, 1.807) is 0 Å². The predicted octanol–water partition coefficient (Wildman–Crippen LogP) is 4.07. The summed E-state index contributed by atoms with van der Waals surface area (Å²) in [7, 11) is 0. The molecule has 2 amide bonds. The van der Waals surface area contributed by atoms with Crippen LogP contribution in [0.3, 0.4) is 0 Å². The van der Waals surface area contributed by atoms with Crippen molar-refractivity contribution in [3.05, 3.63) is 70.8 Å². The van der Waals surface area contributed by atoms with Gasteiger partial charge in [0.15, 0.2) is 11.5 Å². The van der Waals surface area contributed by atoms with Crippen LogP contribution in [0, 0.1) is 0 Å². The summed E-state index contributed by atoms with van der Waals surface area (Å²) >= 11 is 0. The van der Waals surface area contributed by atoms with Crippen LogP contribution in [0.1, 0.15) is 31.8 Å². The Morgan fingerprint density at radius 1 is 0.667 bits per heavy atom. The number of hydrogen-bond donors (Lipinski definition) is 6. The lowest BCUT2D eigenvalue weighted by atomic mass is 10.1. The molecule has 42 heavy (non-hydrogen) atoms. The molecule has 0 saturated carbocycles. The molecule has 0 atom stereocenters. The van der Waals surface area contributed by atoms with Crippen LogP contribution in [0.2, 0.25) is 0 Å². The summed E-state index contributed by atoms with van der Waals surface area (Å²) in [5.41, 5.74) is 17.9. The van der Waals surface area contributed by atoms with Crippen LogP contribution in [-0.4, -0.2) is 38.1 Å². The second-order valence-corrected chi connectivity index (χ2v) is 8.64. The van der Waals surface area contributed by atoms with Gasteiger partial charge in [-0.25, -0.2) is 0 Å². The standard InChI is InChI=1S/C26H26F6N6O4/c27-25(28,29)15-9-17(35)21(41-6-4-33)19(11-15)37-23(39)13-2-1-3-14(8-13)24(40)38-20-12-16(26(30,31)32)10-18(36)22(20)42-7-5-34/h1-3,8-12H,4-7,33-36H2,(H,37,39)(H,38,40). The van der Waals surface area contributed by atoms with Crippen LogP contribution in [0.4, 0.5) is 49.1 Å². The second kappa shape index (κ2) is 12.9. The maximum Gasteiger partial charge on any atom is 0.416 e. The summed E-state index contributed by atoms with van der Waals surface area (Å²) in [6.07, 6.45) is -9.59. The Morgan fingerprint density at radius 2 is 1.05 bits per heavy atom. The van der Waals surface area contributed by atoms with Gasteiger partial charge in [0.25, 0.3) is 11.8 Å². The van der Waals surface area contributed by atoms with Gasteiger partial charge in [-0.15, -0.1) is 0 Å². The number of hydrogen-bond acceptors (Lipinski definition) is 8. The molecule has 226 valence electrons. The largest absolute Gasteiger partial charge is 0.488 e. The van der Waals surface area contributed by atoms with E-state index >= 15 is 0 Å². The lowest BCUT2D eigenvalue weighted by molar-refractivity contribution is -0.138. The van der Waals surface area contributed by atoms with Gasteiger partial charge in [-0.3, -0.25) is 9.59 Å². The van der Waals surface area contributed by atoms with E-state index < -0.39 is 58.0 Å². The molecule has 16 heteroatoms. The predicted molar refractivity (Wildman–Crippen MR) is 143 cm³/mol. The highest BCUT2D eigenvalue weighted by molar-refractivity contribution is 6.10. The summed E-state index contributed by atoms with van der Waals surface area (Å²) in [5.74, 6) is -2.39. The Morgan fingerprint density at radius 3 is 1.38 bits per heavy atom. The van der Waals surface area contributed by atoms with Gasteiger partial charge in [0, 0.05) is 24.2 Å². The highest BCUT2D eigenvalue weighted by Crippen LogP contribution is 2.41. The lowest BCUT2D eigenvalue weighted by Crippen LogP contribution is -2.19. The molecule has 0 bridgehead atoms. The summed E-state index contributed by atoms with van der Waals surface area (Å²) in [4.78, 5) is 26.0. The van der Waals surface area contributed by atoms with Crippen molar-refractivity contribution in [2.45, 2.75) is 12.4 Å². The van der Waals surface area contributed by atoms with Gasteiger partial charge in [-0.1, -0.05) is 6.07 Å². The Kier molecular flexibility index (Phi) is 9.75. The molecule has 0 saturated heterocycles. The first-order valence-electron chi connectivity index (χ1n) is 12.1. The van der Waals surface area contributed by atoms with Gasteiger partial charge in [0.1, 0.15) is 13.2 Å². The summed E-state index contributed by atoms with van der Waals surface area (Å²) in [5, 5.41) is 4.56. The Labute approximate surface area is 234 Å². The number of carbonyl (C=O) groups is 2. The zero-order chi connectivity index (χ0) is 31.2. The fourth-order valence-corrected chi connectivity index (χ4v) is 3.65. The van der Waals surface area contributed by atoms with Crippen molar-refractivity contribution in [1.82, 2.24) is 0 Å². The first-order valence-corrected chi connectivity index (χ1v) is 12.1. The molecule has 0 aliphatic rings. The average molecular weight is 601 g/mol. The van der Waals surface area contributed by atoms with Crippen molar-refractivity contribution >= 4 is 34.6 Å². The van der Waals surface area contributed by atoms with Crippen LogP contribution < -0.4 is 43.0 Å². The van der Waals surface area contributed by atoms with E-state index in [4.69, 9.17) is 32.4 Å². The highest BCUT2D eigenvalue weighted by Gasteiger charge is 2.34. The molecule has 0 unspecified atom stereocenters. The number of carbonyl (C=O) groups excluding carboxylic acids is 2. The van der Waals surface area contributed by atoms with Gasteiger partial charge in [0.2, 0.25) is 0 Å². The first kappa shape index (κ1) is 31.8. The molecule has 0 fully saturated rings. The van der Waals surface area contributed by atoms with Gasteiger partial charge < -0.3 is 43.0 Å². The molecule has 0 aliphatic carbocycles. The Bertz CT molecular complexity index is 1360. The number of amides is 2. The number of ether oxygens (including phenoxy) is 2. The average Bonchev–Trinajstić information content (AvgIpc) is 2.91. The number of benzene rings is 3. The van der Waals surface area contributed by atoms with Crippen LogP contribution in [0.25, 0.3) is 0 Å². The molecule has 10 nitrogen and oxygen atoms in total. The fraction of sp³-hybridized carbons (Fsp3) is 0.231. The zero-order valence-corrected chi connectivity index (χ0v) is 21.7. The summed E-state index contributed by atoms with van der Waals surface area (Å²) < 4.78 is 90.8. The zero-order valence-electron chi connectivity index (χ0n) is 21.7. The normalized spacial score (nSPS) is 11.6. The van der Waals surface area contributed by atoms with E-state index in [1.807, 2.05) is 0 Å². The Hall–Kier alpha value is -4.70. The molecule has 3 aromatic rings. The topological polar surface area (TPSA) is 181 Å². The summed E-state index contributed by atoms with van der Waals surface area (Å²) in [6, 6.07) is 7.37. The quantitative estimate of drug-likeness (QED) is 0.149. The molecular weight excluding hydrogens is 574 g/mol. The van der Waals surface area contributed by atoms with Gasteiger partial charge >= 0.3 is 12.4 Å². The maximum absolute atomic E-state index is 13.4. The van der Waals surface area contributed by atoms with Crippen molar-refractivity contribution in [1.29, 1.82) is 0 Å². The van der Waals surface area contributed by atoms with Crippen LogP contribution in [0.5, 0.6) is 11.5 Å². The third-order valence-corrected chi connectivity index (χ3v) is 5.50. The van der Waals surface area contributed by atoms with E-state index in [-0.39, 0.29) is 48.9 Å². The number of halogens is 6. The van der Waals surface area contributed by atoms with Crippen molar-refractivity contribution in [2.75, 3.05) is 48.4 Å². The smallest absolute Gasteiger partial charge is 0.416 e. The molecule has 3 rings (SSSR count). The minimum Gasteiger partial charge on any atom is -0.488 e. The van der Waals surface area contributed by atoms with Crippen LogP contribution in [-0.2, 0) is 12.4 Å². The first-order chi connectivity index (χ1) is 19.6. The van der Waals surface area contributed by atoms with Crippen molar-refractivity contribution < 1.29 is 45.4 Å². The molecule has 0 aromatic heterocycles. The molecule has 0 aliphatic heterocycles. The third kappa shape index (κ3) is 7.73. The van der Waals surface area contributed by atoms with Gasteiger partial charge in [0.05, 0.1) is 33.9 Å². The highest BCUT2D eigenvalue weighted by atomic mass is 19.4. The molecule has 0 radical (unpaired) electrons. The molecule has 10 N–H and O–H groups in total. The SMILES string of the molecule is NCCOc1c(N)cc(C(F)(F)F)cc1NC(=O)c1cccc(C(=O)Nc2cc(C(F)(F)F)cc(N)c2OCCN)c1. The van der Waals surface area contributed by atoms with E-state index in [0.29, 0.717) is 24.3 Å². The van der Waals surface area contributed by atoms with E-state index in [2.05, 4.69) is 10.6 Å². The van der Waals surface area contributed by atoms with Crippen molar-refractivity contribution in [3.8, 4) is 11.5 Å². The minimum absolute atomic E-state index is 0.00150. The maximum atomic E-state index is 13.4. The van der Waals surface area contributed by atoms with E-state index in [9.17, 15) is 35.9 Å². The van der Waals surface area contributed by atoms with Crippen molar-refractivity contribution in [3.63, 3.8) is 0 Å². The molecular formula is C26H26F6N6O4. The van der Waals surface area contributed by atoms with Gasteiger partial charge in [-0.05, 0) is 42.5 Å².